The second-order valence-electron chi connectivity index (χ2n) is 3.68. The van der Waals surface area contributed by atoms with Gasteiger partial charge in [0.25, 0.3) is 0 Å². The van der Waals surface area contributed by atoms with E-state index >= 15 is 0 Å². The zero-order valence-electron chi connectivity index (χ0n) is 7.91. The Morgan fingerprint density at radius 1 is 1.69 bits per heavy atom. The van der Waals surface area contributed by atoms with E-state index in [1.54, 1.807) is 0 Å². The minimum absolute atomic E-state index is 0.609. The van der Waals surface area contributed by atoms with Gasteiger partial charge in [-0.3, -0.25) is 0 Å². The molecule has 1 saturated heterocycles. The predicted molar refractivity (Wildman–Crippen MR) is 59.9 cm³/mol. The Balaban J connectivity index is 2.26. The number of imidazole rings is 1. The minimum Gasteiger partial charge on any atom is -0.335 e. The van der Waals surface area contributed by atoms with Gasteiger partial charge in [0.1, 0.15) is 0 Å². The Labute approximate surface area is 87.7 Å². The highest BCUT2D eigenvalue weighted by atomic mass is 32.2. The summed E-state index contributed by atoms with van der Waals surface area (Å²) in [5.41, 5.74) is 1.16. The summed E-state index contributed by atoms with van der Waals surface area (Å²) in [6.07, 6.45) is 3.38. The summed E-state index contributed by atoms with van der Waals surface area (Å²) in [6.45, 7) is 4.34. The van der Waals surface area contributed by atoms with Crippen LogP contribution in [0.25, 0.3) is 0 Å². The van der Waals surface area contributed by atoms with Crippen LogP contribution in [0.15, 0.2) is 6.20 Å². The highest BCUT2D eigenvalue weighted by Crippen LogP contribution is 2.34. The first-order valence-electron chi connectivity index (χ1n) is 4.56. The number of hydrogen-bond acceptors (Lipinski definition) is 2. The lowest BCUT2D eigenvalue weighted by molar-refractivity contribution is 0.530. The van der Waals surface area contributed by atoms with E-state index in [4.69, 9.17) is 12.2 Å². The molecule has 2 atom stereocenters. The second kappa shape index (κ2) is 3.50. The third-order valence-corrected chi connectivity index (χ3v) is 4.09. The first-order chi connectivity index (χ1) is 6.16. The van der Waals surface area contributed by atoms with Crippen LogP contribution in [-0.4, -0.2) is 20.6 Å². The number of H-pyrrole nitrogens is 1. The van der Waals surface area contributed by atoms with Crippen LogP contribution in [0.5, 0.6) is 0 Å². The zero-order valence-corrected chi connectivity index (χ0v) is 9.54. The van der Waals surface area contributed by atoms with Gasteiger partial charge in [0.2, 0.25) is 0 Å². The molecule has 2 unspecified atom stereocenters. The Hall–Kier alpha value is -0.220. The van der Waals surface area contributed by atoms with Gasteiger partial charge in [-0.25, -0.2) is 0 Å². The minimum atomic E-state index is 0.609. The summed E-state index contributed by atoms with van der Waals surface area (Å²) < 4.78 is 3.08. The fraction of sp³-hybridized carbons (Fsp3) is 0.667. The predicted octanol–water partition coefficient (Wildman–Crippen LogP) is 2.92. The molecule has 1 N–H and O–H groups in total. The lowest BCUT2D eigenvalue weighted by Crippen LogP contribution is -2.07. The maximum atomic E-state index is 5.25. The van der Waals surface area contributed by atoms with Crippen molar-refractivity contribution in [3.05, 3.63) is 16.7 Å². The SMILES string of the molecule is Cc1cn(C2CSC(C)C2)c(=S)[nH]1. The standard InChI is InChI=1S/C9H14N2S2/c1-6-4-11(9(12)10-6)8-3-7(2)13-5-8/h4,7-8H,3,5H2,1-2H3,(H,10,12). The normalized spacial score (nSPS) is 28.2. The molecule has 0 amide bonds. The van der Waals surface area contributed by atoms with Crippen molar-refractivity contribution in [2.45, 2.75) is 31.6 Å². The number of aromatic amines is 1. The van der Waals surface area contributed by atoms with E-state index < -0.39 is 0 Å². The fourth-order valence-corrected chi connectivity index (χ4v) is 3.36. The molecule has 0 aliphatic carbocycles. The topological polar surface area (TPSA) is 20.7 Å². The summed E-state index contributed by atoms with van der Waals surface area (Å²) in [4.78, 5) is 3.17. The van der Waals surface area contributed by atoms with Crippen molar-refractivity contribution in [3.63, 3.8) is 0 Å². The van der Waals surface area contributed by atoms with E-state index in [1.165, 1.54) is 12.2 Å². The molecule has 2 nitrogen and oxygen atoms in total. The van der Waals surface area contributed by atoms with Crippen molar-refractivity contribution < 1.29 is 0 Å². The number of nitrogens with one attached hydrogen (secondary N) is 1. The van der Waals surface area contributed by atoms with E-state index in [0.717, 1.165) is 15.7 Å². The molecule has 2 rings (SSSR count). The van der Waals surface area contributed by atoms with Crippen LogP contribution < -0.4 is 0 Å². The number of rotatable bonds is 1. The summed E-state index contributed by atoms with van der Waals surface area (Å²) in [5.74, 6) is 1.20. The monoisotopic (exact) mass is 214 g/mol. The molecule has 2 heterocycles. The van der Waals surface area contributed by atoms with E-state index in [2.05, 4.69) is 29.6 Å². The van der Waals surface area contributed by atoms with Crippen LogP contribution in [0.3, 0.4) is 0 Å². The van der Waals surface area contributed by atoms with Crippen molar-refractivity contribution >= 4 is 24.0 Å². The van der Waals surface area contributed by atoms with Gasteiger partial charge < -0.3 is 9.55 Å². The molecule has 1 aliphatic heterocycles. The number of thioether (sulfide) groups is 1. The van der Waals surface area contributed by atoms with Gasteiger partial charge in [-0.05, 0) is 25.6 Å². The summed E-state index contributed by atoms with van der Waals surface area (Å²) in [7, 11) is 0. The summed E-state index contributed by atoms with van der Waals surface area (Å²) >= 11 is 7.28. The van der Waals surface area contributed by atoms with Gasteiger partial charge in [-0.1, -0.05) is 6.92 Å². The van der Waals surface area contributed by atoms with Gasteiger partial charge in [0.05, 0.1) is 0 Å². The van der Waals surface area contributed by atoms with Gasteiger partial charge in [0, 0.05) is 28.9 Å². The maximum absolute atomic E-state index is 5.25. The number of aryl methyl sites for hydroxylation is 1. The van der Waals surface area contributed by atoms with Crippen molar-refractivity contribution in [3.8, 4) is 0 Å². The zero-order chi connectivity index (χ0) is 9.42. The van der Waals surface area contributed by atoms with Crippen molar-refractivity contribution in [1.29, 1.82) is 0 Å². The highest BCUT2D eigenvalue weighted by Gasteiger charge is 2.23. The number of aromatic nitrogens is 2. The van der Waals surface area contributed by atoms with E-state index in [9.17, 15) is 0 Å². The van der Waals surface area contributed by atoms with E-state index in [0.29, 0.717) is 6.04 Å². The molecule has 72 valence electrons. The van der Waals surface area contributed by atoms with Crippen molar-refractivity contribution in [2.24, 2.45) is 0 Å². The van der Waals surface area contributed by atoms with Crippen molar-refractivity contribution in [1.82, 2.24) is 9.55 Å². The second-order valence-corrected chi connectivity index (χ2v) is 5.54. The molecular formula is C9H14N2S2. The van der Waals surface area contributed by atoms with Crippen LogP contribution in [0.2, 0.25) is 0 Å². The van der Waals surface area contributed by atoms with Gasteiger partial charge >= 0.3 is 0 Å². The Morgan fingerprint density at radius 3 is 2.92 bits per heavy atom. The molecule has 13 heavy (non-hydrogen) atoms. The first-order valence-corrected chi connectivity index (χ1v) is 6.02. The van der Waals surface area contributed by atoms with Gasteiger partial charge in [-0.2, -0.15) is 11.8 Å². The lowest BCUT2D eigenvalue weighted by Gasteiger charge is -2.09. The molecule has 0 spiro atoms. The lowest BCUT2D eigenvalue weighted by atomic mass is 10.2. The van der Waals surface area contributed by atoms with E-state index in [1.807, 2.05) is 11.8 Å². The van der Waals surface area contributed by atoms with Crippen LogP contribution >= 0.6 is 24.0 Å². The smallest absolute Gasteiger partial charge is 0.177 e. The maximum Gasteiger partial charge on any atom is 0.177 e. The van der Waals surface area contributed by atoms with Crippen molar-refractivity contribution in [2.75, 3.05) is 5.75 Å². The average Bonchev–Trinajstić information content (AvgIpc) is 2.58. The highest BCUT2D eigenvalue weighted by molar-refractivity contribution is 8.00. The molecule has 0 aromatic carbocycles. The molecule has 1 aromatic heterocycles. The summed E-state index contributed by atoms with van der Waals surface area (Å²) in [6, 6.07) is 0.609. The van der Waals surface area contributed by atoms with Crippen LogP contribution in [0.1, 0.15) is 25.1 Å². The number of nitrogens with zero attached hydrogens (tertiary/aromatic N) is 1. The molecule has 1 fully saturated rings. The molecule has 0 radical (unpaired) electrons. The van der Waals surface area contributed by atoms with Crippen LogP contribution in [0.4, 0.5) is 0 Å². The Kier molecular flexibility index (Phi) is 2.51. The largest absolute Gasteiger partial charge is 0.335 e. The quantitative estimate of drug-likeness (QED) is 0.726. The molecule has 0 saturated carbocycles. The Morgan fingerprint density at radius 2 is 2.46 bits per heavy atom. The fourth-order valence-electron chi connectivity index (χ4n) is 1.79. The van der Waals surface area contributed by atoms with Gasteiger partial charge in [-0.15, -0.1) is 0 Å². The van der Waals surface area contributed by atoms with Crippen LogP contribution in [-0.2, 0) is 0 Å². The molecular weight excluding hydrogens is 200 g/mol. The third kappa shape index (κ3) is 1.83. The molecule has 4 heteroatoms. The van der Waals surface area contributed by atoms with Crippen LogP contribution in [0, 0.1) is 11.7 Å². The molecule has 1 aliphatic rings. The van der Waals surface area contributed by atoms with E-state index in [-0.39, 0.29) is 0 Å². The molecule has 1 aromatic rings. The number of hydrogen-bond donors (Lipinski definition) is 1. The first kappa shape index (κ1) is 9.34. The third-order valence-electron chi connectivity index (χ3n) is 2.44. The molecule has 0 bridgehead atoms. The Bertz CT molecular complexity index is 353. The average molecular weight is 214 g/mol. The van der Waals surface area contributed by atoms with Gasteiger partial charge in [0.15, 0.2) is 4.77 Å². The summed E-state index contributed by atoms with van der Waals surface area (Å²) in [5, 5.41) is 0.780.